The first kappa shape index (κ1) is 14.5. The van der Waals surface area contributed by atoms with Crippen LogP contribution in [-0.2, 0) is 11.3 Å². The van der Waals surface area contributed by atoms with Crippen molar-refractivity contribution in [2.75, 3.05) is 26.3 Å². The van der Waals surface area contributed by atoms with Crippen molar-refractivity contribution in [1.82, 2.24) is 4.90 Å². The number of benzene rings is 1. The molecule has 0 aromatic heterocycles. The Morgan fingerprint density at radius 3 is 3.05 bits per heavy atom. The number of nitrogens with zero attached hydrogens (tertiary/aromatic N) is 2. The molecule has 20 heavy (non-hydrogen) atoms. The highest BCUT2D eigenvalue weighted by Crippen LogP contribution is 2.15. The molecule has 1 unspecified atom stereocenters. The van der Waals surface area contributed by atoms with E-state index in [1.807, 2.05) is 4.90 Å². The predicted octanol–water partition coefficient (Wildman–Crippen LogP) is 0.894. The van der Waals surface area contributed by atoms with Gasteiger partial charge in [0.25, 0.3) is 0 Å². The van der Waals surface area contributed by atoms with Gasteiger partial charge in [-0.15, -0.1) is 0 Å². The molecule has 0 aliphatic carbocycles. The molecule has 1 saturated heterocycles. The van der Waals surface area contributed by atoms with Gasteiger partial charge in [-0.2, -0.15) is 5.26 Å². The van der Waals surface area contributed by atoms with E-state index in [1.54, 1.807) is 12.1 Å². The SMILES string of the molecule is N#CC1CN(Cc2ccc(C#CCO)cc2F)CCO1. The first-order valence-corrected chi connectivity index (χ1v) is 6.34. The van der Waals surface area contributed by atoms with Crippen molar-refractivity contribution in [3.8, 4) is 17.9 Å². The van der Waals surface area contributed by atoms with Crippen molar-refractivity contribution < 1.29 is 14.2 Å². The van der Waals surface area contributed by atoms with Crippen molar-refractivity contribution in [3.05, 3.63) is 35.1 Å². The molecule has 1 aliphatic heterocycles. The summed E-state index contributed by atoms with van der Waals surface area (Å²) in [5, 5.41) is 17.4. The third-order valence-electron chi connectivity index (χ3n) is 3.05. The highest BCUT2D eigenvalue weighted by atomic mass is 19.1. The van der Waals surface area contributed by atoms with Gasteiger partial charge in [-0.05, 0) is 12.1 Å². The van der Waals surface area contributed by atoms with Crippen LogP contribution in [0.1, 0.15) is 11.1 Å². The van der Waals surface area contributed by atoms with Gasteiger partial charge >= 0.3 is 0 Å². The molecule has 0 saturated carbocycles. The monoisotopic (exact) mass is 274 g/mol. The molecule has 1 aromatic rings. The summed E-state index contributed by atoms with van der Waals surface area (Å²) in [5.74, 6) is 4.82. The summed E-state index contributed by atoms with van der Waals surface area (Å²) in [6, 6.07) is 6.84. The lowest BCUT2D eigenvalue weighted by Crippen LogP contribution is -2.41. The number of rotatable bonds is 2. The second kappa shape index (κ2) is 7.02. The first-order chi connectivity index (χ1) is 9.72. The average Bonchev–Trinajstić information content (AvgIpc) is 2.48. The number of morpholine rings is 1. The van der Waals surface area contributed by atoms with E-state index in [4.69, 9.17) is 15.1 Å². The lowest BCUT2D eigenvalue weighted by Gasteiger charge is -2.29. The number of aliphatic hydroxyl groups excluding tert-OH is 1. The van der Waals surface area contributed by atoms with Gasteiger partial charge in [-0.25, -0.2) is 4.39 Å². The molecule has 0 radical (unpaired) electrons. The van der Waals surface area contributed by atoms with E-state index in [1.165, 1.54) is 6.07 Å². The minimum absolute atomic E-state index is 0.243. The Hall–Kier alpha value is -1.92. The van der Waals surface area contributed by atoms with Gasteiger partial charge in [0.1, 0.15) is 12.4 Å². The quantitative estimate of drug-likeness (QED) is 0.814. The van der Waals surface area contributed by atoms with E-state index >= 15 is 0 Å². The van der Waals surface area contributed by atoms with Gasteiger partial charge in [-0.1, -0.05) is 17.9 Å². The Labute approximate surface area is 117 Å². The minimum atomic E-state index is -0.443. The molecule has 2 rings (SSSR count). The molecule has 1 heterocycles. The van der Waals surface area contributed by atoms with Crippen molar-refractivity contribution in [2.45, 2.75) is 12.6 Å². The molecular weight excluding hydrogens is 259 g/mol. The lowest BCUT2D eigenvalue weighted by molar-refractivity contribution is -0.00304. The van der Waals surface area contributed by atoms with Crippen LogP contribution in [0.25, 0.3) is 0 Å². The van der Waals surface area contributed by atoms with E-state index in [2.05, 4.69) is 17.9 Å². The average molecular weight is 274 g/mol. The van der Waals surface area contributed by atoms with E-state index < -0.39 is 6.10 Å². The minimum Gasteiger partial charge on any atom is -0.384 e. The summed E-state index contributed by atoms with van der Waals surface area (Å²) >= 11 is 0. The molecule has 1 N–H and O–H groups in total. The maximum absolute atomic E-state index is 14.0. The molecule has 1 fully saturated rings. The maximum Gasteiger partial charge on any atom is 0.156 e. The molecule has 1 atom stereocenters. The number of aliphatic hydroxyl groups is 1. The van der Waals surface area contributed by atoms with Gasteiger partial charge in [0.15, 0.2) is 6.10 Å². The van der Waals surface area contributed by atoms with Gasteiger partial charge < -0.3 is 9.84 Å². The Balaban J connectivity index is 2.04. The molecule has 1 aromatic carbocycles. The van der Waals surface area contributed by atoms with E-state index in [0.29, 0.717) is 37.4 Å². The Morgan fingerprint density at radius 1 is 1.50 bits per heavy atom. The van der Waals surface area contributed by atoms with Crippen molar-refractivity contribution in [1.29, 1.82) is 5.26 Å². The normalized spacial score (nSPS) is 18.9. The van der Waals surface area contributed by atoms with Crippen LogP contribution in [0.3, 0.4) is 0 Å². The highest BCUT2D eigenvalue weighted by molar-refractivity contribution is 5.37. The third kappa shape index (κ3) is 3.79. The third-order valence-corrected chi connectivity index (χ3v) is 3.05. The van der Waals surface area contributed by atoms with Crippen molar-refractivity contribution in [2.24, 2.45) is 0 Å². The van der Waals surface area contributed by atoms with E-state index in [9.17, 15) is 4.39 Å². The number of ether oxygens (including phenoxy) is 1. The van der Waals surface area contributed by atoms with Crippen LogP contribution in [0.5, 0.6) is 0 Å². The topological polar surface area (TPSA) is 56.5 Å². The van der Waals surface area contributed by atoms with Crippen LogP contribution in [0.15, 0.2) is 18.2 Å². The van der Waals surface area contributed by atoms with Gasteiger partial charge in [0.05, 0.1) is 12.7 Å². The summed E-state index contributed by atoms with van der Waals surface area (Å²) < 4.78 is 19.2. The van der Waals surface area contributed by atoms with Gasteiger partial charge in [0, 0.05) is 30.8 Å². The second-order valence-corrected chi connectivity index (χ2v) is 4.49. The lowest BCUT2D eigenvalue weighted by atomic mass is 10.1. The summed E-state index contributed by atoms with van der Waals surface area (Å²) in [6.07, 6.45) is -0.443. The highest BCUT2D eigenvalue weighted by Gasteiger charge is 2.20. The molecular formula is C15H15FN2O2. The number of hydrogen-bond donors (Lipinski definition) is 1. The van der Waals surface area contributed by atoms with Crippen LogP contribution >= 0.6 is 0 Å². The second-order valence-electron chi connectivity index (χ2n) is 4.49. The largest absolute Gasteiger partial charge is 0.384 e. The van der Waals surface area contributed by atoms with Crippen LogP contribution in [-0.4, -0.2) is 42.4 Å². The molecule has 4 nitrogen and oxygen atoms in total. The first-order valence-electron chi connectivity index (χ1n) is 6.34. The van der Waals surface area contributed by atoms with Crippen LogP contribution < -0.4 is 0 Å². The van der Waals surface area contributed by atoms with Crippen LogP contribution in [0.4, 0.5) is 4.39 Å². The van der Waals surface area contributed by atoms with Crippen molar-refractivity contribution in [3.63, 3.8) is 0 Å². The van der Waals surface area contributed by atoms with Crippen molar-refractivity contribution >= 4 is 0 Å². The fourth-order valence-corrected chi connectivity index (χ4v) is 2.06. The Bertz CT molecular complexity index is 571. The van der Waals surface area contributed by atoms with Gasteiger partial charge in [-0.3, -0.25) is 4.90 Å². The molecule has 1 aliphatic rings. The Kier molecular flexibility index (Phi) is 5.09. The molecule has 104 valence electrons. The number of nitriles is 1. The number of halogens is 1. The summed E-state index contributed by atoms with van der Waals surface area (Å²) in [4.78, 5) is 1.99. The Morgan fingerprint density at radius 2 is 2.35 bits per heavy atom. The zero-order valence-electron chi connectivity index (χ0n) is 11.0. The summed E-state index contributed by atoms with van der Waals surface area (Å²) in [7, 11) is 0. The van der Waals surface area contributed by atoms with E-state index in [0.717, 1.165) is 0 Å². The number of hydrogen-bond acceptors (Lipinski definition) is 4. The summed E-state index contributed by atoms with van der Waals surface area (Å²) in [5.41, 5.74) is 1.11. The molecule has 5 heteroatoms. The maximum atomic E-state index is 14.0. The fraction of sp³-hybridized carbons (Fsp3) is 0.400. The van der Waals surface area contributed by atoms with Crippen LogP contribution in [0, 0.1) is 29.0 Å². The summed E-state index contributed by atoms with van der Waals surface area (Å²) in [6.45, 7) is 1.86. The molecule has 0 amide bonds. The fourth-order valence-electron chi connectivity index (χ4n) is 2.06. The zero-order valence-corrected chi connectivity index (χ0v) is 11.0. The molecule has 0 bridgehead atoms. The predicted molar refractivity (Wildman–Crippen MR) is 71.0 cm³/mol. The standard InChI is InChI=1S/C15H15FN2O2/c16-15-8-12(2-1-6-19)3-4-13(15)10-18-5-7-20-14(9-17)11-18/h3-4,8,14,19H,5-7,10-11H2. The molecule has 0 spiro atoms. The smallest absolute Gasteiger partial charge is 0.156 e. The van der Waals surface area contributed by atoms with Crippen LogP contribution in [0.2, 0.25) is 0 Å². The van der Waals surface area contributed by atoms with E-state index in [-0.39, 0.29) is 12.4 Å². The van der Waals surface area contributed by atoms with Gasteiger partial charge in [0.2, 0.25) is 0 Å². The zero-order chi connectivity index (χ0) is 14.4.